The van der Waals surface area contributed by atoms with Gasteiger partial charge in [-0.1, -0.05) is 12.1 Å². The number of aryl methyl sites for hydroxylation is 1. The molecule has 19 heavy (non-hydrogen) atoms. The van der Waals surface area contributed by atoms with Crippen LogP contribution in [0.2, 0.25) is 0 Å². The summed E-state index contributed by atoms with van der Waals surface area (Å²) in [6.45, 7) is 4.21. The number of rotatable bonds is 4. The summed E-state index contributed by atoms with van der Waals surface area (Å²) in [5.74, 6) is 1.66. The standard InChI is InChI=1S/C14H17N3O2/c1-9-10(2)16-17-14(11(9)8-15)19-13-7-5-4-6-12(13)18-3/h4-7H,8,15H2,1-3H3. The van der Waals surface area contributed by atoms with E-state index in [2.05, 4.69) is 10.2 Å². The van der Waals surface area contributed by atoms with Crippen LogP contribution in [0.15, 0.2) is 24.3 Å². The van der Waals surface area contributed by atoms with Gasteiger partial charge in [0.25, 0.3) is 0 Å². The predicted octanol–water partition coefficient (Wildman–Crippen LogP) is 2.35. The van der Waals surface area contributed by atoms with E-state index in [4.69, 9.17) is 15.2 Å². The molecule has 0 unspecified atom stereocenters. The number of benzene rings is 1. The average molecular weight is 259 g/mol. The number of ether oxygens (including phenoxy) is 2. The zero-order chi connectivity index (χ0) is 13.8. The maximum absolute atomic E-state index is 5.78. The first-order chi connectivity index (χ1) is 9.17. The van der Waals surface area contributed by atoms with Crippen molar-refractivity contribution < 1.29 is 9.47 Å². The van der Waals surface area contributed by atoms with E-state index >= 15 is 0 Å². The largest absolute Gasteiger partial charge is 0.493 e. The van der Waals surface area contributed by atoms with Gasteiger partial charge in [-0.15, -0.1) is 5.10 Å². The van der Waals surface area contributed by atoms with Gasteiger partial charge in [0.05, 0.1) is 12.8 Å². The highest BCUT2D eigenvalue weighted by Gasteiger charge is 2.13. The second-order valence-electron chi connectivity index (χ2n) is 4.15. The van der Waals surface area contributed by atoms with Crippen molar-refractivity contribution in [2.75, 3.05) is 7.11 Å². The van der Waals surface area contributed by atoms with Gasteiger partial charge < -0.3 is 15.2 Å². The van der Waals surface area contributed by atoms with Crippen LogP contribution in [0.5, 0.6) is 17.4 Å². The first-order valence-electron chi connectivity index (χ1n) is 6.01. The molecule has 0 aliphatic rings. The summed E-state index contributed by atoms with van der Waals surface area (Å²) in [6, 6.07) is 7.39. The van der Waals surface area contributed by atoms with Crippen LogP contribution in [0.3, 0.4) is 0 Å². The minimum atomic E-state index is 0.354. The third kappa shape index (κ3) is 2.66. The van der Waals surface area contributed by atoms with Crippen LogP contribution in [0.25, 0.3) is 0 Å². The van der Waals surface area contributed by atoms with Crippen LogP contribution in [-0.2, 0) is 6.54 Å². The van der Waals surface area contributed by atoms with Gasteiger partial charge in [0, 0.05) is 12.1 Å². The van der Waals surface area contributed by atoms with Crippen molar-refractivity contribution in [2.45, 2.75) is 20.4 Å². The van der Waals surface area contributed by atoms with Gasteiger partial charge in [0.15, 0.2) is 11.5 Å². The summed E-state index contributed by atoms with van der Waals surface area (Å²) < 4.78 is 11.0. The molecule has 0 saturated heterocycles. The number of hydrogen-bond acceptors (Lipinski definition) is 5. The highest BCUT2D eigenvalue weighted by atomic mass is 16.5. The molecule has 0 saturated carbocycles. The molecule has 2 rings (SSSR count). The lowest BCUT2D eigenvalue weighted by atomic mass is 10.1. The number of para-hydroxylation sites is 2. The van der Waals surface area contributed by atoms with Crippen molar-refractivity contribution >= 4 is 0 Å². The van der Waals surface area contributed by atoms with Crippen molar-refractivity contribution in [1.82, 2.24) is 10.2 Å². The van der Waals surface area contributed by atoms with Gasteiger partial charge >= 0.3 is 0 Å². The first kappa shape index (κ1) is 13.3. The predicted molar refractivity (Wildman–Crippen MR) is 72.5 cm³/mol. The van der Waals surface area contributed by atoms with Crippen molar-refractivity contribution in [2.24, 2.45) is 5.73 Å². The van der Waals surface area contributed by atoms with Gasteiger partial charge in [-0.05, 0) is 31.5 Å². The van der Waals surface area contributed by atoms with Gasteiger partial charge in [0.1, 0.15) is 0 Å². The smallest absolute Gasteiger partial charge is 0.243 e. The second-order valence-corrected chi connectivity index (χ2v) is 4.15. The summed E-state index contributed by atoms with van der Waals surface area (Å²) >= 11 is 0. The fourth-order valence-corrected chi connectivity index (χ4v) is 1.76. The normalized spacial score (nSPS) is 10.3. The molecule has 5 nitrogen and oxygen atoms in total. The Labute approximate surface area is 112 Å². The van der Waals surface area contributed by atoms with Crippen molar-refractivity contribution in [1.29, 1.82) is 0 Å². The summed E-state index contributed by atoms with van der Waals surface area (Å²) in [5.41, 5.74) is 8.48. The topological polar surface area (TPSA) is 70.3 Å². The molecule has 100 valence electrons. The van der Waals surface area contributed by atoms with E-state index in [0.29, 0.717) is 23.9 Å². The molecule has 0 fully saturated rings. The highest BCUT2D eigenvalue weighted by Crippen LogP contribution is 2.32. The van der Waals surface area contributed by atoms with E-state index in [1.165, 1.54) is 0 Å². The number of methoxy groups -OCH3 is 1. The molecule has 0 radical (unpaired) electrons. The van der Waals surface area contributed by atoms with Gasteiger partial charge in [-0.3, -0.25) is 0 Å². The van der Waals surface area contributed by atoms with E-state index in [1.807, 2.05) is 38.1 Å². The van der Waals surface area contributed by atoms with E-state index < -0.39 is 0 Å². The highest BCUT2D eigenvalue weighted by molar-refractivity contribution is 5.44. The third-order valence-corrected chi connectivity index (χ3v) is 3.02. The Kier molecular flexibility index (Phi) is 3.97. The van der Waals surface area contributed by atoms with Gasteiger partial charge in [-0.2, -0.15) is 5.10 Å². The minimum absolute atomic E-state index is 0.354. The second kappa shape index (κ2) is 5.67. The molecule has 0 aliphatic heterocycles. The molecular formula is C14H17N3O2. The maximum Gasteiger partial charge on any atom is 0.243 e. The molecule has 5 heteroatoms. The van der Waals surface area contributed by atoms with E-state index in [0.717, 1.165) is 16.8 Å². The molecule has 1 heterocycles. The molecule has 1 aromatic heterocycles. The fourth-order valence-electron chi connectivity index (χ4n) is 1.76. The Morgan fingerprint density at radius 1 is 1.11 bits per heavy atom. The molecule has 0 amide bonds. The number of nitrogens with two attached hydrogens (primary N) is 1. The SMILES string of the molecule is COc1ccccc1Oc1nnc(C)c(C)c1CN. The molecule has 0 atom stereocenters. The van der Waals surface area contributed by atoms with Crippen LogP contribution < -0.4 is 15.2 Å². The summed E-state index contributed by atoms with van der Waals surface area (Å²) in [5, 5.41) is 8.14. The maximum atomic E-state index is 5.78. The third-order valence-electron chi connectivity index (χ3n) is 3.02. The fraction of sp³-hybridized carbons (Fsp3) is 0.286. The molecule has 0 spiro atoms. The molecule has 2 aromatic rings. The summed E-state index contributed by atoms with van der Waals surface area (Å²) in [4.78, 5) is 0. The van der Waals surface area contributed by atoms with E-state index in [9.17, 15) is 0 Å². The Bertz CT molecular complexity index is 585. The van der Waals surface area contributed by atoms with Crippen LogP contribution >= 0.6 is 0 Å². The lowest BCUT2D eigenvalue weighted by Gasteiger charge is -2.13. The van der Waals surface area contributed by atoms with Crippen LogP contribution in [-0.4, -0.2) is 17.3 Å². The number of hydrogen-bond donors (Lipinski definition) is 1. The lowest BCUT2D eigenvalue weighted by Crippen LogP contribution is -2.07. The quantitative estimate of drug-likeness (QED) is 0.912. The Hall–Kier alpha value is -2.14. The zero-order valence-electron chi connectivity index (χ0n) is 11.3. The molecule has 2 N–H and O–H groups in total. The Morgan fingerprint density at radius 3 is 2.42 bits per heavy atom. The van der Waals surface area contributed by atoms with E-state index in [-0.39, 0.29) is 0 Å². The van der Waals surface area contributed by atoms with Gasteiger partial charge in [0.2, 0.25) is 5.88 Å². The summed E-state index contributed by atoms with van der Waals surface area (Å²) in [6.07, 6.45) is 0. The average Bonchev–Trinajstić information content (AvgIpc) is 2.44. The van der Waals surface area contributed by atoms with Crippen LogP contribution in [0, 0.1) is 13.8 Å². The van der Waals surface area contributed by atoms with Crippen LogP contribution in [0.4, 0.5) is 0 Å². The van der Waals surface area contributed by atoms with Crippen molar-refractivity contribution in [3.63, 3.8) is 0 Å². The molecular weight excluding hydrogens is 242 g/mol. The first-order valence-corrected chi connectivity index (χ1v) is 6.01. The Morgan fingerprint density at radius 2 is 1.79 bits per heavy atom. The van der Waals surface area contributed by atoms with Crippen molar-refractivity contribution in [3.05, 3.63) is 41.1 Å². The monoisotopic (exact) mass is 259 g/mol. The van der Waals surface area contributed by atoms with Crippen LogP contribution in [0.1, 0.15) is 16.8 Å². The number of nitrogens with zero attached hydrogens (tertiary/aromatic N) is 2. The summed E-state index contributed by atoms with van der Waals surface area (Å²) in [7, 11) is 1.60. The van der Waals surface area contributed by atoms with Gasteiger partial charge in [-0.25, -0.2) is 0 Å². The lowest BCUT2D eigenvalue weighted by molar-refractivity contribution is 0.370. The Balaban J connectivity index is 2.41. The van der Waals surface area contributed by atoms with E-state index in [1.54, 1.807) is 7.11 Å². The molecule has 1 aromatic carbocycles. The zero-order valence-corrected chi connectivity index (χ0v) is 11.3. The van der Waals surface area contributed by atoms with Crippen molar-refractivity contribution in [3.8, 4) is 17.4 Å². The molecule has 0 bridgehead atoms. The molecule has 0 aliphatic carbocycles. The minimum Gasteiger partial charge on any atom is -0.493 e. The number of aromatic nitrogens is 2.